The zero-order chi connectivity index (χ0) is 7.56. The van der Waals surface area contributed by atoms with Crippen molar-refractivity contribution >= 4 is 5.88 Å². The first kappa shape index (κ1) is 7.15. The van der Waals surface area contributed by atoms with Crippen molar-refractivity contribution in [1.82, 2.24) is 0 Å². The van der Waals surface area contributed by atoms with E-state index in [0.29, 0.717) is 11.6 Å². The lowest BCUT2D eigenvalue weighted by Gasteiger charge is -1.90. The molecule has 1 aromatic rings. The molecule has 0 bridgehead atoms. The summed E-state index contributed by atoms with van der Waals surface area (Å²) in [5, 5.41) is 11.6. The molecule has 0 aromatic carbocycles. The normalized spacial score (nSPS) is 9.90. The molecule has 0 radical (unpaired) electrons. The minimum absolute atomic E-state index is 0.0342. The average molecular weight is 141 g/mol. The number of hydrogen-bond donors (Lipinski definition) is 2. The van der Waals surface area contributed by atoms with Crippen LogP contribution in [0.4, 0.5) is 5.88 Å². The van der Waals surface area contributed by atoms with Crippen LogP contribution >= 0.6 is 0 Å². The molecule has 0 aliphatic carbocycles. The Morgan fingerprint density at radius 1 is 1.70 bits per heavy atom. The summed E-state index contributed by atoms with van der Waals surface area (Å²) < 4.78 is 5.15. The van der Waals surface area contributed by atoms with Crippen LogP contribution in [-0.2, 0) is 6.61 Å². The Balaban J connectivity index is 2.92. The molecule has 0 amide bonds. The van der Waals surface area contributed by atoms with Crippen molar-refractivity contribution in [2.24, 2.45) is 0 Å². The van der Waals surface area contributed by atoms with Crippen molar-refractivity contribution in [1.29, 1.82) is 0 Å². The second-order valence-electron chi connectivity index (χ2n) is 2.12. The van der Waals surface area contributed by atoms with Crippen LogP contribution < -0.4 is 5.32 Å². The first-order valence-corrected chi connectivity index (χ1v) is 3.16. The predicted molar refractivity (Wildman–Crippen MR) is 38.9 cm³/mol. The van der Waals surface area contributed by atoms with Crippen LogP contribution in [0.5, 0.6) is 0 Å². The summed E-state index contributed by atoms with van der Waals surface area (Å²) in [5.74, 6) is 1.32. The molecule has 56 valence electrons. The average Bonchev–Trinajstić information content (AvgIpc) is 2.30. The van der Waals surface area contributed by atoms with Crippen LogP contribution in [0.25, 0.3) is 0 Å². The molecule has 0 spiro atoms. The molecule has 1 aromatic heterocycles. The van der Waals surface area contributed by atoms with Crippen LogP contribution in [0, 0.1) is 6.92 Å². The van der Waals surface area contributed by atoms with Gasteiger partial charge in [0.15, 0.2) is 5.88 Å². The van der Waals surface area contributed by atoms with E-state index >= 15 is 0 Å². The van der Waals surface area contributed by atoms with Crippen molar-refractivity contribution in [3.63, 3.8) is 0 Å². The number of hydrogen-bond acceptors (Lipinski definition) is 3. The molecule has 3 heteroatoms. The molecule has 0 aliphatic rings. The zero-order valence-corrected chi connectivity index (χ0v) is 6.14. The largest absolute Gasteiger partial charge is 0.443 e. The molecular formula is C7H11NO2. The second kappa shape index (κ2) is 2.75. The van der Waals surface area contributed by atoms with Crippen molar-refractivity contribution in [2.75, 3.05) is 12.4 Å². The lowest BCUT2D eigenvalue weighted by molar-refractivity contribution is 0.248. The van der Waals surface area contributed by atoms with Gasteiger partial charge in [0.25, 0.3) is 0 Å². The SMILES string of the molecule is CNc1cc(C)c(CO)o1. The monoisotopic (exact) mass is 141 g/mol. The van der Waals surface area contributed by atoms with Crippen LogP contribution in [0.1, 0.15) is 11.3 Å². The third kappa shape index (κ3) is 1.14. The van der Waals surface area contributed by atoms with Gasteiger partial charge in [-0.2, -0.15) is 0 Å². The van der Waals surface area contributed by atoms with Crippen molar-refractivity contribution in [2.45, 2.75) is 13.5 Å². The molecule has 0 saturated heterocycles. The molecule has 0 unspecified atom stereocenters. The minimum atomic E-state index is -0.0342. The molecule has 1 heterocycles. The zero-order valence-electron chi connectivity index (χ0n) is 6.14. The molecule has 1 rings (SSSR count). The molecule has 0 atom stereocenters. The molecule has 0 fully saturated rings. The maximum absolute atomic E-state index is 8.71. The van der Waals surface area contributed by atoms with Crippen LogP contribution in [-0.4, -0.2) is 12.2 Å². The van der Waals surface area contributed by atoms with Gasteiger partial charge in [0.1, 0.15) is 12.4 Å². The van der Waals surface area contributed by atoms with Crippen LogP contribution in [0.3, 0.4) is 0 Å². The smallest absolute Gasteiger partial charge is 0.193 e. The maximum atomic E-state index is 8.71. The van der Waals surface area contributed by atoms with Crippen LogP contribution in [0.2, 0.25) is 0 Å². The van der Waals surface area contributed by atoms with Gasteiger partial charge in [0.05, 0.1) is 0 Å². The molecule has 0 aliphatic heterocycles. The highest BCUT2D eigenvalue weighted by molar-refractivity contribution is 5.36. The second-order valence-corrected chi connectivity index (χ2v) is 2.12. The van der Waals surface area contributed by atoms with Crippen molar-refractivity contribution in [3.8, 4) is 0 Å². The van der Waals surface area contributed by atoms with Crippen molar-refractivity contribution in [3.05, 3.63) is 17.4 Å². The first-order valence-electron chi connectivity index (χ1n) is 3.16. The Kier molecular flexibility index (Phi) is 1.97. The lowest BCUT2D eigenvalue weighted by atomic mass is 10.3. The number of aryl methyl sites for hydroxylation is 1. The number of rotatable bonds is 2. The van der Waals surface area contributed by atoms with Crippen molar-refractivity contribution < 1.29 is 9.52 Å². The molecule has 2 N–H and O–H groups in total. The maximum Gasteiger partial charge on any atom is 0.193 e. The highest BCUT2D eigenvalue weighted by atomic mass is 16.4. The predicted octanol–water partition coefficient (Wildman–Crippen LogP) is 1.12. The molecule has 3 nitrogen and oxygen atoms in total. The summed E-state index contributed by atoms with van der Waals surface area (Å²) >= 11 is 0. The third-order valence-corrected chi connectivity index (χ3v) is 1.41. The Morgan fingerprint density at radius 2 is 2.40 bits per heavy atom. The quantitative estimate of drug-likeness (QED) is 0.648. The first-order chi connectivity index (χ1) is 4.77. The van der Waals surface area contributed by atoms with E-state index in [2.05, 4.69) is 5.32 Å². The fourth-order valence-corrected chi connectivity index (χ4v) is 0.800. The number of anilines is 1. The van der Waals surface area contributed by atoms with Gasteiger partial charge in [-0.25, -0.2) is 0 Å². The number of furan rings is 1. The summed E-state index contributed by atoms with van der Waals surface area (Å²) in [6.45, 7) is 1.86. The summed E-state index contributed by atoms with van der Waals surface area (Å²) in [5.41, 5.74) is 0.979. The van der Waals surface area contributed by atoms with Gasteiger partial charge in [-0.15, -0.1) is 0 Å². The Hall–Kier alpha value is -0.960. The summed E-state index contributed by atoms with van der Waals surface area (Å²) in [7, 11) is 1.78. The third-order valence-electron chi connectivity index (χ3n) is 1.41. The number of aliphatic hydroxyl groups is 1. The topological polar surface area (TPSA) is 45.4 Å². The minimum Gasteiger partial charge on any atom is -0.443 e. The van der Waals surface area contributed by atoms with E-state index < -0.39 is 0 Å². The van der Waals surface area contributed by atoms with Gasteiger partial charge < -0.3 is 14.8 Å². The molecule has 0 saturated carbocycles. The van der Waals surface area contributed by atoms with Gasteiger partial charge in [0.2, 0.25) is 0 Å². The fraction of sp³-hybridized carbons (Fsp3) is 0.429. The van der Waals surface area contributed by atoms with Gasteiger partial charge in [-0.05, 0) is 12.5 Å². The van der Waals surface area contributed by atoms with E-state index in [9.17, 15) is 0 Å². The summed E-state index contributed by atoms with van der Waals surface area (Å²) in [6.07, 6.45) is 0. The van der Waals surface area contributed by atoms with Gasteiger partial charge in [-0.3, -0.25) is 0 Å². The number of aliphatic hydroxyl groups excluding tert-OH is 1. The van der Waals surface area contributed by atoms with E-state index in [1.54, 1.807) is 7.05 Å². The standard InChI is InChI=1S/C7H11NO2/c1-5-3-7(8-2)10-6(5)4-9/h3,8-9H,4H2,1-2H3. The van der Waals surface area contributed by atoms with E-state index in [1.165, 1.54) is 0 Å². The Morgan fingerprint density at radius 3 is 2.70 bits per heavy atom. The molecule has 10 heavy (non-hydrogen) atoms. The lowest BCUT2D eigenvalue weighted by Crippen LogP contribution is -1.82. The highest BCUT2D eigenvalue weighted by Crippen LogP contribution is 2.17. The van der Waals surface area contributed by atoms with E-state index in [0.717, 1.165) is 5.56 Å². The van der Waals surface area contributed by atoms with E-state index in [1.807, 2.05) is 13.0 Å². The van der Waals surface area contributed by atoms with Gasteiger partial charge >= 0.3 is 0 Å². The van der Waals surface area contributed by atoms with E-state index in [4.69, 9.17) is 9.52 Å². The summed E-state index contributed by atoms with van der Waals surface area (Å²) in [4.78, 5) is 0. The van der Waals surface area contributed by atoms with E-state index in [-0.39, 0.29) is 6.61 Å². The fourth-order valence-electron chi connectivity index (χ4n) is 0.800. The summed E-state index contributed by atoms with van der Waals surface area (Å²) in [6, 6.07) is 1.85. The highest BCUT2D eigenvalue weighted by Gasteiger charge is 2.03. The Bertz CT molecular complexity index is 217. The van der Waals surface area contributed by atoms with Gasteiger partial charge in [0, 0.05) is 13.1 Å². The molecular weight excluding hydrogens is 130 g/mol. The van der Waals surface area contributed by atoms with Gasteiger partial charge in [-0.1, -0.05) is 0 Å². The Labute approximate surface area is 59.7 Å². The number of nitrogens with one attached hydrogen (secondary N) is 1. The van der Waals surface area contributed by atoms with Crippen LogP contribution in [0.15, 0.2) is 10.5 Å².